The lowest BCUT2D eigenvalue weighted by molar-refractivity contribution is 0.424. The fraction of sp³-hybridized carbons (Fsp3) is 1.00. The van der Waals surface area contributed by atoms with Gasteiger partial charge in [-0.05, 0) is 12.8 Å². The van der Waals surface area contributed by atoms with Gasteiger partial charge in [-0.1, -0.05) is 74.6 Å². The Bertz CT molecular complexity index is 153. The van der Waals surface area contributed by atoms with E-state index in [0.717, 1.165) is 12.8 Å². The molecule has 1 aliphatic rings. The van der Waals surface area contributed by atoms with Gasteiger partial charge in [0, 0.05) is 5.92 Å². The lowest BCUT2D eigenvalue weighted by Gasteiger charge is -2.25. The third-order valence-electron chi connectivity index (χ3n) is 3.35. The molecule has 0 aromatic heterocycles. The first-order valence-electron chi connectivity index (χ1n) is 6.21. The monoisotopic (exact) mass is 268 g/mol. The molecule has 0 aliphatic heterocycles. The Balaban J connectivity index is 2.39. The van der Waals surface area contributed by atoms with Crippen molar-refractivity contribution in [2.24, 2.45) is 5.92 Å². The van der Waals surface area contributed by atoms with Crippen LogP contribution in [0, 0.1) is 5.92 Å². The van der Waals surface area contributed by atoms with Crippen LogP contribution in [0.15, 0.2) is 0 Å². The van der Waals surface area contributed by atoms with Gasteiger partial charge in [-0.3, -0.25) is 0 Å². The van der Waals surface area contributed by atoms with E-state index in [2.05, 4.69) is 12.6 Å². The molecule has 0 amide bonds. The van der Waals surface area contributed by atoms with Crippen LogP contribution < -0.4 is 0 Å². The zero-order valence-corrected chi connectivity index (χ0v) is 11.8. The molecule has 0 aromatic rings. The van der Waals surface area contributed by atoms with Gasteiger partial charge in [-0.2, -0.15) is 0 Å². The molecule has 0 bridgehead atoms. The molecule has 0 heterocycles. The fourth-order valence-corrected chi connectivity index (χ4v) is 3.03. The minimum atomic E-state index is -0.825. The lowest BCUT2D eigenvalue weighted by Crippen LogP contribution is -2.19. The van der Waals surface area contributed by atoms with E-state index in [4.69, 9.17) is 23.2 Å². The van der Waals surface area contributed by atoms with Crippen LogP contribution in [-0.2, 0) is 0 Å². The van der Waals surface area contributed by atoms with Crippen molar-refractivity contribution in [1.82, 2.24) is 0 Å². The SMILES string of the molecule is SC(Cl)(Cl)C1CCCCCCCCCC1. The average Bonchev–Trinajstić information content (AvgIpc) is 2.20. The molecule has 0 N–H and O–H groups in total. The first-order valence-corrected chi connectivity index (χ1v) is 7.41. The van der Waals surface area contributed by atoms with Crippen molar-refractivity contribution in [3.05, 3.63) is 0 Å². The van der Waals surface area contributed by atoms with Crippen LogP contribution in [0.25, 0.3) is 0 Å². The fourth-order valence-electron chi connectivity index (χ4n) is 2.33. The summed E-state index contributed by atoms with van der Waals surface area (Å²) in [5.41, 5.74) is 0. The molecule has 1 aliphatic carbocycles. The quantitative estimate of drug-likeness (QED) is 0.466. The van der Waals surface area contributed by atoms with Gasteiger partial charge in [0.1, 0.15) is 0 Å². The van der Waals surface area contributed by atoms with Crippen LogP contribution in [0.5, 0.6) is 0 Å². The number of hydrogen-bond donors (Lipinski definition) is 1. The van der Waals surface area contributed by atoms with Crippen LogP contribution in [0.4, 0.5) is 0 Å². The number of hydrogen-bond acceptors (Lipinski definition) is 1. The number of halogens is 2. The van der Waals surface area contributed by atoms with Gasteiger partial charge in [0.25, 0.3) is 0 Å². The molecule has 0 spiro atoms. The predicted octanol–water partition coefficient (Wildman–Crippen LogP) is 5.58. The molecule has 1 saturated carbocycles. The molecule has 0 saturated heterocycles. The largest absolute Gasteiger partial charge is 0.163 e. The van der Waals surface area contributed by atoms with Crippen LogP contribution in [0.2, 0.25) is 0 Å². The Morgan fingerprint density at radius 1 is 0.733 bits per heavy atom. The maximum Gasteiger partial charge on any atom is 0.163 e. The van der Waals surface area contributed by atoms with E-state index in [1.807, 2.05) is 0 Å². The second kappa shape index (κ2) is 7.29. The predicted molar refractivity (Wildman–Crippen MR) is 73.1 cm³/mol. The maximum absolute atomic E-state index is 6.10. The van der Waals surface area contributed by atoms with Crippen LogP contribution in [-0.4, -0.2) is 3.67 Å². The molecule has 1 fully saturated rings. The average molecular weight is 269 g/mol. The van der Waals surface area contributed by atoms with Gasteiger partial charge in [0.05, 0.1) is 0 Å². The van der Waals surface area contributed by atoms with E-state index in [1.165, 1.54) is 51.4 Å². The molecule has 1 rings (SSSR count). The molecule has 0 atom stereocenters. The van der Waals surface area contributed by atoms with Crippen LogP contribution in [0.3, 0.4) is 0 Å². The van der Waals surface area contributed by atoms with Crippen molar-refractivity contribution in [3.8, 4) is 0 Å². The van der Waals surface area contributed by atoms with E-state index in [0.29, 0.717) is 5.92 Å². The van der Waals surface area contributed by atoms with E-state index in [1.54, 1.807) is 0 Å². The molecule has 0 unspecified atom stereocenters. The highest BCUT2D eigenvalue weighted by Gasteiger charge is 2.29. The molecule has 3 heteroatoms. The second-order valence-corrected chi connectivity index (χ2v) is 7.31. The number of alkyl halides is 2. The summed E-state index contributed by atoms with van der Waals surface area (Å²) in [5.74, 6) is 0.363. The normalized spacial score (nSPS) is 23.4. The Morgan fingerprint density at radius 2 is 1.07 bits per heavy atom. The summed E-state index contributed by atoms with van der Waals surface area (Å²) in [5, 5.41) is 0. The molecule has 0 nitrogen and oxygen atoms in total. The van der Waals surface area contributed by atoms with Gasteiger partial charge in [-0.15, -0.1) is 12.6 Å². The van der Waals surface area contributed by atoms with Crippen molar-refractivity contribution >= 4 is 35.8 Å². The van der Waals surface area contributed by atoms with E-state index in [9.17, 15) is 0 Å². The summed E-state index contributed by atoms with van der Waals surface area (Å²) >= 11 is 16.5. The van der Waals surface area contributed by atoms with Gasteiger partial charge >= 0.3 is 0 Å². The Hall–Kier alpha value is 0.930. The number of rotatable bonds is 1. The van der Waals surface area contributed by atoms with Crippen LogP contribution >= 0.6 is 35.8 Å². The molecule has 0 aromatic carbocycles. The Kier molecular flexibility index (Phi) is 6.80. The molecule has 0 radical (unpaired) electrons. The topological polar surface area (TPSA) is 0 Å². The van der Waals surface area contributed by atoms with E-state index in [-0.39, 0.29) is 0 Å². The lowest BCUT2D eigenvalue weighted by atomic mass is 9.97. The smallest absolute Gasteiger partial charge is 0.141 e. The van der Waals surface area contributed by atoms with Crippen molar-refractivity contribution in [2.75, 3.05) is 0 Å². The zero-order valence-electron chi connectivity index (χ0n) is 9.35. The highest BCUT2D eigenvalue weighted by molar-refractivity contribution is 7.85. The summed E-state index contributed by atoms with van der Waals surface area (Å²) in [4.78, 5) is 0. The highest BCUT2D eigenvalue weighted by Crippen LogP contribution is 2.40. The Morgan fingerprint density at radius 3 is 1.40 bits per heavy atom. The second-order valence-electron chi connectivity index (χ2n) is 4.69. The third kappa shape index (κ3) is 6.28. The summed E-state index contributed by atoms with van der Waals surface area (Å²) in [6, 6.07) is 0. The van der Waals surface area contributed by atoms with Crippen LogP contribution in [0.1, 0.15) is 64.2 Å². The molecule has 15 heavy (non-hydrogen) atoms. The van der Waals surface area contributed by atoms with Crippen molar-refractivity contribution < 1.29 is 0 Å². The van der Waals surface area contributed by atoms with Gasteiger partial charge in [-0.25, -0.2) is 0 Å². The van der Waals surface area contributed by atoms with Gasteiger partial charge in [0.15, 0.2) is 3.67 Å². The minimum Gasteiger partial charge on any atom is -0.141 e. The highest BCUT2D eigenvalue weighted by atomic mass is 35.5. The van der Waals surface area contributed by atoms with Crippen molar-refractivity contribution in [2.45, 2.75) is 67.9 Å². The van der Waals surface area contributed by atoms with E-state index >= 15 is 0 Å². The van der Waals surface area contributed by atoms with Crippen molar-refractivity contribution in [3.63, 3.8) is 0 Å². The standard InChI is InChI=1S/C12H22Cl2S/c13-12(14,15)11-9-7-5-3-1-2-4-6-8-10-11/h11,15H,1-10H2. The first-order chi connectivity index (χ1) is 7.11. The number of thiol groups is 1. The molecule has 90 valence electrons. The third-order valence-corrected chi connectivity index (χ3v) is 4.33. The maximum atomic E-state index is 6.10. The Labute approximate surface area is 110 Å². The molecular formula is C12H22Cl2S. The van der Waals surface area contributed by atoms with Crippen molar-refractivity contribution in [1.29, 1.82) is 0 Å². The molecular weight excluding hydrogens is 247 g/mol. The van der Waals surface area contributed by atoms with Gasteiger partial charge in [0.2, 0.25) is 0 Å². The zero-order chi connectivity index (χ0) is 11.1. The van der Waals surface area contributed by atoms with E-state index < -0.39 is 3.67 Å². The summed E-state index contributed by atoms with van der Waals surface area (Å²) in [6.07, 6.45) is 13.0. The minimum absolute atomic E-state index is 0.363. The van der Waals surface area contributed by atoms with Gasteiger partial charge < -0.3 is 0 Å². The summed E-state index contributed by atoms with van der Waals surface area (Å²) < 4.78 is -0.825. The first kappa shape index (κ1) is 14.0. The summed E-state index contributed by atoms with van der Waals surface area (Å²) in [6.45, 7) is 0. The summed E-state index contributed by atoms with van der Waals surface area (Å²) in [7, 11) is 0.